The molecule has 1 saturated heterocycles. The van der Waals surface area contributed by atoms with Crippen LogP contribution in [0, 0.1) is 6.92 Å². The van der Waals surface area contributed by atoms with Crippen molar-refractivity contribution in [3.63, 3.8) is 0 Å². The average molecular weight is 384 g/mol. The molecule has 2 aromatic rings. The topological polar surface area (TPSA) is 37.6 Å². The van der Waals surface area contributed by atoms with Crippen molar-refractivity contribution in [1.82, 2.24) is 9.47 Å². The number of nitrogens with zero attached hydrogens (tertiary/aromatic N) is 3. The zero-order chi connectivity index (χ0) is 15.7. The van der Waals surface area contributed by atoms with E-state index in [1.54, 1.807) is 0 Å². The van der Waals surface area contributed by atoms with Gasteiger partial charge in [0.05, 0.1) is 6.54 Å². The fourth-order valence-electron chi connectivity index (χ4n) is 2.36. The van der Waals surface area contributed by atoms with Crippen LogP contribution in [0.1, 0.15) is 11.3 Å². The molecule has 0 aliphatic carbocycles. The molecule has 1 aromatic carbocycles. The lowest BCUT2D eigenvalue weighted by Gasteiger charge is -2.10. The van der Waals surface area contributed by atoms with Crippen LogP contribution in [0.25, 0.3) is 5.69 Å². The normalized spacial score (nSPS) is 19.0. The number of hydrogen-bond acceptors (Lipinski definition) is 2. The number of likely N-dealkylation sites (tertiary alicyclic amines) is 1. The van der Waals surface area contributed by atoms with Crippen LogP contribution >= 0.6 is 27.3 Å². The van der Waals surface area contributed by atoms with Crippen LogP contribution in [0.3, 0.4) is 0 Å². The first-order valence-electron chi connectivity index (χ1n) is 6.95. The van der Waals surface area contributed by atoms with Crippen molar-refractivity contribution in [3.05, 3.63) is 44.6 Å². The molecule has 1 aliphatic heterocycles. The Morgan fingerprint density at radius 3 is 2.77 bits per heavy atom. The Bertz CT molecular complexity index is 753. The van der Waals surface area contributed by atoms with E-state index in [4.69, 9.17) is 0 Å². The lowest BCUT2D eigenvalue weighted by Crippen LogP contribution is -2.28. The molecule has 1 aliphatic rings. The second-order valence-electron chi connectivity index (χ2n) is 5.20. The highest BCUT2D eigenvalue weighted by molar-refractivity contribution is 9.10. The number of rotatable bonds is 1. The number of thiazole rings is 1. The number of urea groups is 1. The third-order valence-corrected chi connectivity index (χ3v) is 4.89. The first-order valence-corrected chi connectivity index (χ1v) is 8.56. The van der Waals surface area contributed by atoms with E-state index in [0.717, 1.165) is 15.0 Å². The number of aromatic nitrogens is 1. The molecule has 1 aromatic heterocycles. The van der Waals surface area contributed by atoms with Crippen molar-refractivity contribution >= 4 is 33.3 Å². The summed E-state index contributed by atoms with van der Waals surface area (Å²) >= 11 is 4.85. The van der Waals surface area contributed by atoms with Crippen molar-refractivity contribution in [2.24, 2.45) is 4.99 Å². The molecule has 7 heteroatoms. The molecular weight excluding hydrogens is 369 g/mol. The van der Waals surface area contributed by atoms with Gasteiger partial charge in [0.1, 0.15) is 6.17 Å². The first kappa shape index (κ1) is 15.4. The molecule has 0 spiro atoms. The van der Waals surface area contributed by atoms with Crippen molar-refractivity contribution < 1.29 is 9.18 Å². The summed E-state index contributed by atoms with van der Waals surface area (Å²) in [4.78, 5) is 19.5. The minimum Gasteiger partial charge on any atom is -0.320 e. The van der Waals surface area contributed by atoms with Crippen LogP contribution in [0.4, 0.5) is 9.18 Å². The second-order valence-corrected chi connectivity index (χ2v) is 7.33. The zero-order valence-corrected chi connectivity index (χ0v) is 14.4. The molecule has 116 valence electrons. The molecule has 0 saturated carbocycles. The van der Waals surface area contributed by atoms with Gasteiger partial charge in [-0.25, -0.2) is 9.18 Å². The minimum atomic E-state index is -0.928. The summed E-state index contributed by atoms with van der Waals surface area (Å²) in [5.41, 5.74) is 0.934. The molecule has 0 bridgehead atoms. The van der Waals surface area contributed by atoms with Gasteiger partial charge in [-0.2, -0.15) is 4.99 Å². The van der Waals surface area contributed by atoms with Crippen molar-refractivity contribution in [2.45, 2.75) is 19.5 Å². The van der Waals surface area contributed by atoms with Crippen molar-refractivity contribution in [3.8, 4) is 5.69 Å². The van der Waals surface area contributed by atoms with Crippen LogP contribution in [-0.2, 0) is 0 Å². The minimum absolute atomic E-state index is 0.144. The molecule has 4 nitrogen and oxygen atoms in total. The molecule has 2 heterocycles. The van der Waals surface area contributed by atoms with Crippen LogP contribution in [-0.4, -0.2) is 34.8 Å². The third kappa shape index (κ3) is 3.30. The van der Waals surface area contributed by atoms with Crippen molar-refractivity contribution in [1.29, 1.82) is 0 Å². The van der Waals surface area contributed by atoms with E-state index in [2.05, 4.69) is 20.9 Å². The molecule has 1 unspecified atom stereocenters. The van der Waals surface area contributed by atoms with E-state index < -0.39 is 6.17 Å². The van der Waals surface area contributed by atoms with E-state index in [1.165, 1.54) is 16.2 Å². The number of alkyl halides is 1. The quantitative estimate of drug-likeness (QED) is 0.739. The number of halogens is 2. The number of carbonyl (C=O) groups is 1. The molecule has 0 radical (unpaired) electrons. The summed E-state index contributed by atoms with van der Waals surface area (Å²) < 4.78 is 16.1. The lowest BCUT2D eigenvalue weighted by atomic mass is 10.3. The van der Waals surface area contributed by atoms with Gasteiger partial charge in [0, 0.05) is 27.8 Å². The fourth-order valence-corrected chi connectivity index (χ4v) is 3.45. The van der Waals surface area contributed by atoms with E-state index in [9.17, 15) is 9.18 Å². The summed E-state index contributed by atoms with van der Waals surface area (Å²) in [5, 5.41) is 0. The average Bonchev–Trinajstić information content (AvgIpc) is 3.06. The predicted octanol–water partition coefficient (Wildman–Crippen LogP) is 3.67. The summed E-state index contributed by atoms with van der Waals surface area (Å²) in [7, 11) is 0. The first-order chi connectivity index (χ1) is 10.5. The van der Waals surface area contributed by atoms with Gasteiger partial charge in [-0.1, -0.05) is 15.9 Å². The maximum Gasteiger partial charge on any atom is 0.346 e. The molecule has 2 amide bonds. The zero-order valence-electron chi connectivity index (χ0n) is 12.0. The maximum atomic E-state index is 13.2. The highest BCUT2D eigenvalue weighted by atomic mass is 79.9. The van der Waals surface area contributed by atoms with E-state index in [1.807, 2.05) is 42.0 Å². The van der Waals surface area contributed by atoms with Crippen LogP contribution in [0.5, 0.6) is 0 Å². The number of benzene rings is 1. The van der Waals surface area contributed by atoms with Crippen LogP contribution in [0.2, 0.25) is 0 Å². The summed E-state index contributed by atoms with van der Waals surface area (Å²) in [6.45, 7) is 2.55. The molecular formula is C15H15BrFN3OS. The second kappa shape index (κ2) is 6.34. The third-order valence-electron chi connectivity index (χ3n) is 3.47. The van der Waals surface area contributed by atoms with Gasteiger partial charge in [-0.05, 0) is 37.6 Å². The monoisotopic (exact) mass is 383 g/mol. The highest BCUT2D eigenvalue weighted by Crippen LogP contribution is 2.16. The largest absolute Gasteiger partial charge is 0.346 e. The Labute approximate surface area is 140 Å². The SMILES string of the molecule is Cc1cn(-c2ccc(Br)cc2)/c(=N/C(=O)N2CCC(F)C2)s1. The van der Waals surface area contributed by atoms with Crippen LogP contribution < -0.4 is 4.80 Å². The molecule has 1 fully saturated rings. The van der Waals surface area contributed by atoms with E-state index >= 15 is 0 Å². The Balaban J connectivity index is 1.95. The molecule has 1 atom stereocenters. The van der Waals surface area contributed by atoms with Gasteiger partial charge < -0.3 is 4.90 Å². The highest BCUT2D eigenvalue weighted by Gasteiger charge is 2.25. The Morgan fingerprint density at radius 1 is 1.41 bits per heavy atom. The van der Waals surface area contributed by atoms with Gasteiger partial charge in [-0.15, -0.1) is 11.3 Å². The Kier molecular flexibility index (Phi) is 4.44. The van der Waals surface area contributed by atoms with Crippen LogP contribution in [0.15, 0.2) is 39.9 Å². The van der Waals surface area contributed by atoms with Gasteiger partial charge in [0.15, 0.2) is 4.80 Å². The predicted molar refractivity (Wildman–Crippen MR) is 88.1 cm³/mol. The molecule has 3 rings (SSSR count). The number of aryl methyl sites for hydroxylation is 1. The Morgan fingerprint density at radius 2 is 2.14 bits per heavy atom. The number of amides is 2. The van der Waals surface area contributed by atoms with Gasteiger partial charge in [-0.3, -0.25) is 4.57 Å². The van der Waals surface area contributed by atoms with Gasteiger partial charge >= 0.3 is 6.03 Å². The summed E-state index contributed by atoms with van der Waals surface area (Å²) in [5.74, 6) is 0. The smallest absolute Gasteiger partial charge is 0.320 e. The fraction of sp³-hybridized carbons (Fsp3) is 0.333. The lowest BCUT2D eigenvalue weighted by molar-refractivity contribution is 0.213. The van der Waals surface area contributed by atoms with E-state index in [-0.39, 0.29) is 12.6 Å². The number of carbonyl (C=O) groups excluding carboxylic acids is 1. The number of hydrogen-bond donors (Lipinski definition) is 0. The summed E-state index contributed by atoms with van der Waals surface area (Å²) in [6, 6.07) is 7.41. The van der Waals surface area contributed by atoms with Crippen molar-refractivity contribution in [2.75, 3.05) is 13.1 Å². The molecule has 22 heavy (non-hydrogen) atoms. The van der Waals surface area contributed by atoms with Gasteiger partial charge in [0.25, 0.3) is 0 Å². The standard InChI is InChI=1S/C15H15BrFN3OS/c1-10-8-20(13-4-2-11(16)3-5-13)15(22-10)18-14(21)19-7-6-12(17)9-19/h2-5,8,12H,6-7,9H2,1H3/b18-15-. The Hall–Kier alpha value is -1.47. The maximum absolute atomic E-state index is 13.2. The summed E-state index contributed by atoms with van der Waals surface area (Å²) in [6.07, 6.45) is 1.42. The molecule has 0 N–H and O–H groups in total. The van der Waals surface area contributed by atoms with E-state index in [0.29, 0.717) is 17.8 Å². The van der Waals surface area contributed by atoms with Gasteiger partial charge in [0.2, 0.25) is 0 Å².